The van der Waals surface area contributed by atoms with E-state index in [1.807, 2.05) is 0 Å². The monoisotopic (exact) mass is 273 g/mol. The maximum absolute atomic E-state index is 11.6. The van der Waals surface area contributed by atoms with Gasteiger partial charge in [-0.05, 0) is 13.5 Å². The number of morpholine rings is 1. The van der Waals surface area contributed by atoms with Crippen molar-refractivity contribution < 1.29 is 19.4 Å². The Morgan fingerprint density at radius 3 is 2.63 bits per heavy atom. The normalized spacial score (nSPS) is 17.9. The molecule has 1 fully saturated rings. The molecule has 1 saturated heterocycles. The molecule has 0 aromatic rings. The first kappa shape index (κ1) is 15.9. The molecule has 0 aromatic heterocycles. The summed E-state index contributed by atoms with van der Waals surface area (Å²) in [5.41, 5.74) is 0. The van der Waals surface area contributed by atoms with Crippen molar-refractivity contribution in [1.82, 2.24) is 15.5 Å². The van der Waals surface area contributed by atoms with E-state index in [-0.39, 0.29) is 12.3 Å². The number of hydrogen-bond donors (Lipinski definition) is 3. The van der Waals surface area contributed by atoms with Crippen LogP contribution in [0.1, 0.15) is 12.8 Å². The van der Waals surface area contributed by atoms with Crippen LogP contribution in [0.2, 0.25) is 0 Å². The van der Waals surface area contributed by atoms with E-state index in [1.165, 1.54) is 0 Å². The Kier molecular flexibility index (Phi) is 7.39. The van der Waals surface area contributed by atoms with Gasteiger partial charge in [-0.1, -0.05) is 0 Å². The van der Waals surface area contributed by atoms with Gasteiger partial charge in [0.25, 0.3) is 0 Å². The number of carboxylic acid groups (broad SMARTS) is 1. The van der Waals surface area contributed by atoms with Gasteiger partial charge in [-0.3, -0.25) is 14.5 Å². The molecule has 0 spiro atoms. The van der Waals surface area contributed by atoms with Crippen LogP contribution in [-0.2, 0) is 14.3 Å². The van der Waals surface area contributed by atoms with Gasteiger partial charge in [0.05, 0.1) is 13.2 Å². The van der Waals surface area contributed by atoms with Gasteiger partial charge >= 0.3 is 5.97 Å². The van der Waals surface area contributed by atoms with Crippen molar-refractivity contribution >= 4 is 11.9 Å². The number of aliphatic carboxylic acids is 1. The molecule has 1 heterocycles. The molecule has 1 aliphatic rings. The Labute approximate surface area is 113 Å². The molecule has 110 valence electrons. The summed E-state index contributed by atoms with van der Waals surface area (Å²) < 4.78 is 5.24. The summed E-state index contributed by atoms with van der Waals surface area (Å²) in [7, 11) is 1.58. The molecule has 1 rings (SSSR count). The number of nitrogens with zero attached hydrogens (tertiary/aromatic N) is 1. The van der Waals surface area contributed by atoms with Crippen molar-refractivity contribution in [2.24, 2.45) is 0 Å². The van der Waals surface area contributed by atoms with Crippen LogP contribution >= 0.6 is 0 Å². The van der Waals surface area contributed by atoms with Gasteiger partial charge < -0.3 is 20.5 Å². The second kappa shape index (κ2) is 8.84. The lowest BCUT2D eigenvalue weighted by atomic mass is 10.1. The van der Waals surface area contributed by atoms with Crippen LogP contribution in [0.5, 0.6) is 0 Å². The van der Waals surface area contributed by atoms with Crippen LogP contribution in [0.4, 0.5) is 0 Å². The Balaban J connectivity index is 2.08. The fourth-order valence-electron chi connectivity index (χ4n) is 1.93. The molecule has 0 bridgehead atoms. The molecule has 3 N–H and O–H groups in total. The summed E-state index contributed by atoms with van der Waals surface area (Å²) in [4.78, 5) is 24.5. The predicted molar refractivity (Wildman–Crippen MR) is 70.0 cm³/mol. The highest BCUT2D eigenvalue weighted by atomic mass is 16.5. The number of carboxylic acids is 1. The summed E-state index contributed by atoms with van der Waals surface area (Å²) in [6.45, 7) is 4.69. The molecule has 1 aliphatic heterocycles. The van der Waals surface area contributed by atoms with Gasteiger partial charge in [-0.25, -0.2) is 0 Å². The minimum atomic E-state index is -0.927. The van der Waals surface area contributed by atoms with Crippen LogP contribution in [0.25, 0.3) is 0 Å². The van der Waals surface area contributed by atoms with E-state index >= 15 is 0 Å². The van der Waals surface area contributed by atoms with E-state index in [0.717, 1.165) is 32.8 Å². The van der Waals surface area contributed by atoms with Crippen LogP contribution in [0.15, 0.2) is 0 Å². The highest BCUT2D eigenvalue weighted by Gasteiger charge is 2.16. The molecule has 0 radical (unpaired) electrons. The number of amides is 1. The van der Waals surface area contributed by atoms with E-state index in [0.29, 0.717) is 13.0 Å². The molecule has 0 unspecified atom stereocenters. The number of ether oxygens (including phenoxy) is 1. The van der Waals surface area contributed by atoms with E-state index in [1.54, 1.807) is 7.05 Å². The third-order valence-electron chi connectivity index (χ3n) is 3.16. The first-order valence-corrected chi connectivity index (χ1v) is 6.60. The quantitative estimate of drug-likeness (QED) is 0.519. The van der Waals surface area contributed by atoms with Crippen molar-refractivity contribution in [2.45, 2.75) is 18.9 Å². The van der Waals surface area contributed by atoms with Crippen LogP contribution in [-0.4, -0.2) is 74.4 Å². The third-order valence-corrected chi connectivity index (χ3v) is 3.16. The Hall–Kier alpha value is -1.18. The highest BCUT2D eigenvalue weighted by Crippen LogP contribution is 1.98. The minimum absolute atomic E-state index is 0.102. The van der Waals surface area contributed by atoms with Crippen molar-refractivity contribution in [3.05, 3.63) is 0 Å². The summed E-state index contributed by atoms with van der Waals surface area (Å²) in [5.74, 6) is -1.03. The zero-order valence-corrected chi connectivity index (χ0v) is 11.4. The molecule has 19 heavy (non-hydrogen) atoms. The first-order valence-electron chi connectivity index (χ1n) is 6.60. The predicted octanol–water partition coefficient (Wildman–Crippen LogP) is -1.11. The average Bonchev–Trinajstić information content (AvgIpc) is 2.40. The minimum Gasteiger partial charge on any atom is -0.480 e. The Morgan fingerprint density at radius 1 is 1.37 bits per heavy atom. The number of rotatable bonds is 8. The molecule has 7 nitrogen and oxygen atoms in total. The van der Waals surface area contributed by atoms with E-state index < -0.39 is 12.0 Å². The zero-order chi connectivity index (χ0) is 14.1. The first-order chi connectivity index (χ1) is 9.13. The summed E-state index contributed by atoms with van der Waals surface area (Å²) >= 11 is 0. The molecule has 0 saturated carbocycles. The van der Waals surface area contributed by atoms with E-state index in [2.05, 4.69) is 15.5 Å². The van der Waals surface area contributed by atoms with Crippen LogP contribution in [0, 0.1) is 0 Å². The number of carbonyl (C=O) groups excluding carboxylic acids is 1. The maximum atomic E-state index is 11.6. The molecular formula is C12H23N3O4. The lowest BCUT2D eigenvalue weighted by Crippen LogP contribution is -2.41. The Morgan fingerprint density at radius 2 is 2.05 bits per heavy atom. The summed E-state index contributed by atoms with van der Waals surface area (Å²) in [5, 5.41) is 14.3. The lowest BCUT2D eigenvalue weighted by molar-refractivity contribution is -0.139. The summed E-state index contributed by atoms with van der Waals surface area (Å²) in [6, 6.07) is -0.662. The van der Waals surface area contributed by atoms with Gasteiger partial charge in [0.1, 0.15) is 6.04 Å². The molecule has 1 atom stereocenters. The van der Waals surface area contributed by atoms with Gasteiger partial charge in [0.2, 0.25) is 5.91 Å². The largest absolute Gasteiger partial charge is 0.480 e. The van der Waals surface area contributed by atoms with Crippen molar-refractivity contribution in [3.8, 4) is 0 Å². The van der Waals surface area contributed by atoms with Crippen LogP contribution in [0.3, 0.4) is 0 Å². The molecule has 0 aliphatic carbocycles. The van der Waals surface area contributed by atoms with Gasteiger partial charge in [-0.2, -0.15) is 0 Å². The molecule has 7 heteroatoms. The standard InChI is InChI=1S/C12H23N3O4/c1-13-10(12(17)18)2-3-11(16)14-4-5-15-6-8-19-9-7-15/h10,13H,2-9H2,1H3,(H,14,16)(H,17,18)/t10-/m0/s1. The van der Waals surface area contributed by atoms with Crippen molar-refractivity contribution in [2.75, 3.05) is 46.4 Å². The molecular weight excluding hydrogens is 250 g/mol. The lowest BCUT2D eigenvalue weighted by Gasteiger charge is -2.26. The highest BCUT2D eigenvalue weighted by molar-refractivity contribution is 5.78. The zero-order valence-electron chi connectivity index (χ0n) is 11.4. The second-order valence-corrected chi connectivity index (χ2v) is 4.52. The fourth-order valence-corrected chi connectivity index (χ4v) is 1.93. The number of carbonyl (C=O) groups is 2. The number of hydrogen-bond acceptors (Lipinski definition) is 5. The third kappa shape index (κ3) is 6.51. The topological polar surface area (TPSA) is 90.9 Å². The number of nitrogens with one attached hydrogen (secondary N) is 2. The average molecular weight is 273 g/mol. The van der Waals surface area contributed by atoms with E-state index in [9.17, 15) is 9.59 Å². The van der Waals surface area contributed by atoms with Crippen LogP contribution < -0.4 is 10.6 Å². The molecule has 0 aromatic carbocycles. The van der Waals surface area contributed by atoms with E-state index in [4.69, 9.17) is 9.84 Å². The van der Waals surface area contributed by atoms with Gasteiger partial charge in [0, 0.05) is 32.6 Å². The number of likely N-dealkylation sites (N-methyl/N-ethyl adjacent to an activating group) is 1. The second-order valence-electron chi connectivity index (χ2n) is 4.52. The Bertz CT molecular complexity index is 293. The maximum Gasteiger partial charge on any atom is 0.320 e. The summed E-state index contributed by atoms with van der Waals surface area (Å²) in [6.07, 6.45) is 0.524. The van der Waals surface area contributed by atoms with Crippen molar-refractivity contribution in [3.63, 3.8) is 0 Å². The van der Waals surface area contributed by atoms with Gasteiger partial charge in [0.15, 0.2) is 0 Å². The SMILES string of the molecule is CN[C@@H](CCC(=O)NCCN1CCOCC1)C(=O)O. The fraction of sp³-hybridized carbons (Fsp3) is 0.833. The van der Waals surface area contributed by atoms with Gasteiger partial charge in [-0.15, -0.1) is 0 Å². The molecule has 1 amide bonds. The smallest absolute Gasteiger partial charge is 0.320 e. The van der Waals surface area contributed by atoms with Crippen molar-refractivity contribution in [1.29, 1.82) is 0 Å².